The molecule has 0 saturated heterocycles. The summed E-state index contributed by atoms with van der Waals surface area (Å²) >= 11 is 18.6. The lowest BCUT2D eigenvalue weighted by molar-refractivity contribution is 0.102. The summed E-state index contributed by atoms with van der Waals surface area (Å²) in [5.74, 6) is -0.355. The molecular formula is C19H17Cl3N4O. The molecule has 0 spiro atoms. The molecule has 0 fully saturated rings. The van der Waals surface area contributed by atoms with Crippen LogP contribution in [0, 0.1) is 0 Å². The van der Waals surface area contributed by atoms with Gasteiger partial charge >= 0.3 is 0 Å². The number of carbonyl (C=O) groups is 1. The minimum atomic E-state index is -0.355. The van der Waals surface area contributed by atoms with E-state index in [9.17, 15) is 4.79 Å². The minimum Gasteiger partial charge on any atom is -0.382 e. The number of anilines is 2. The molecule has 0 aliphatic heterocycles. The number of likely N-dealkylation sites (N-methyl/N-ethyl adjacent to an activating group) is 1. The van der Waals surface area contributed by atoms with Crippen molar-refractivity contribution in [2.24, 2.45) is 0 Å². The van der Waals surface area contributed by atoms with Gasteiger partial charge in [0.2, 0.25) is 0 Å². The van der Waals surface area contributed by atoms with E-state index in [1.165, 1.54) is 6.20 Å². The Morgan fingerprint density at radius 1 is 0.963 bits per heavy atom. The maximum Gasteiger partial charge on any atom is 0.257 e. The van der Waals surface area contributed by atoms with Crippen LogP contribution in [0.1, 0.15) is 10.4 Å². The first-order chi connectivity index (χ1) is 13.0. The third-order valence-electron chi connectivity index (χ3n) is 3.97. The number of pyridine rings is 1. The van der Waals surface area contributed by atoms with Crippen LogP contribution in [0.25, 0.3) is 10.9 Å². The molecular weight excluding hydrogens is 407 g/mol. The Morgan fingerprint density at radius 3 is 2.37 bits per heavy atom. The molecule has 0 unspecified atom stereocenters. The summed E-state index contributed by atoms with van der Waals surface area (Å²) in [6.45, 7) is 1.45. The van der Waals surface area contributed by atoms with Gasteiger partial charge < -0.3 is 16.0 Å². The molecule has 1 heterocycles. The van der Waals surface area contributed by atoms with Gasteiger partial charge in [-0.1, -0.05) is 53.0 Å². The zero-order chi connectivity index (χ0) is 19.4. The fraction of sp³-hybridized carbons (Fsp3) is 0.158. The van der Waals surface area contributed by atoms with E-state index >= 15 is 0 Å². The molecule has 1 amide bonds. The van der Waals surface area contributed by atoms with Crippen LogP contribution in [-0.4, -0.2) is 31.0 Å². The number of carbonyl (C=O) groups excluding carboxylic acids is 1. The zero-order valence-corrected chi connectivity index (χ0v) is 16.7. The van der Waals surface area contributed by atoms with Crippen LogP contribution in [0.2, 0.25) is 15.1 Å². The van der Waals surface area contributed by atoms with Crippen molar-refractivity contribution in [3.8, 4) is 0 Å². The largest absolute Gasteiger partial charge is 0.382 e. The first kappa shape index (κ1) is 19.7. The van der Waals surface area contributed by atoms with Crippen molar-refractivity contribution in [1.29, 1.82) is 0 Å². The molecule has 0 saturated carbocycles. The minimum absolute atomic E-state index is 0.355. The molecule has 8 heteroatoms. The Hall–Kier alpha value is -2.05. The number of hydrogen-bond acceptors (Lipinski definition) is 4. The molecule has 1 aromatic heterocycles. The molecule has 0 aliphatic rings. The molecule has 2 aromatic carbocycles. The van der Waals surface area contributed by atoms with Gasteiger partial charge in [-0.25, -0.2) is 0 Å². The number of benzene rings is 2. The number of aromatic nitrogens is 1. The lowest BCUT2D eigenvalue weighted by atomic mass is 10.1. The van der Waals surface area contributed by atoms with Gasteiger partial charge in [0.05, 0.1) is 37.5 Å². The summed E-state index contributed by atoms with van der Waals surface area (Å²) in [6.07, 6.45) is 1.53. The van der Waals surface area contributed by atoms with Gasteiger partial charge in [0.25, 0.3) is 5.91 Å². The second kappa shape index (κ2) is 8.76. The van der Waals surface area contributed by atoms with Crippen LogP contribution in [0.3, 0.4) is 0 Å². The summed E-state index contributed by atoms with van der Waals surface area (Å²) in [5.41, 5.74) is 2.04. The SMILES string of the molecule is CNCCNc1c(Cl)cnc2c(C(=O)Nc3c(Cl)cccc3Cl)cccc12. The van der Waals surface area contributed by atoms with Crippen molar-refractivity contribution in [2.45, 2.75) is 0 Å². The number of rotatable bonds is 6. The van der Waals surface area contributed by atoms with Crippen LogP contribution in [-0.2, 0) is 0 Å². The number of nitrogens with one attached hydrogen (secondary N) is 3. The summed E-state index contributed by atoms with van der Waals surface area (Å²) in [5, 5.41) is 11.1. The van der Waals surface area contributed by atoms with E-state index in [1.54, 1.807) is 30.3 Å². The monoisotopic (exact) mass is 422 g/mol. The van der Waals surface area contributed by atoms with Gasteiger partial charge in [-0.2, -0.15) is 0 Å². The predicted molar refractivity (Wildman–Crippen MR) is 114 cm³/mol. The highest BCUT2D eigenvalue weighted by molar-refractivity contribution is 6.40. The van der Waals surface area contributed by atoms with Crippen LogP contribution in [0.15, 0.2) is 42.6 Å². The first-order valence-electron chi connectivity index (χ1n) is 8.24. The summed E-state index contributed by atoms with van der Waals surface area (Å²) in [4.78, 5) is 17.2. The average Bonchev–Trinajstić information content (AvgIpc) is 2.66. The molecule has 0 aliphatic carbocycles. The van der Waals surface area contributed by atoms with Gasteiger partial charge in [-0.3, -0.25) is 9.78 Å². The van der Waals surface area contributed by atoms with Crippen LogP contribution < -0.4 is 16.0 Å². The highest BCUT2D eigenvalue weighted by atomic mass is 35.5. The fourth-order valence-electron chi connectivity index (χ4n) is 2.67. The standard InChI is InChI=1S/C19H17Cl3N4O/c1-23-8-9-24-17-11-4-2-5-12(16(11)25-10-15(17)22)19(27)26-18-13(20)6-3-7-14(18)21/h2-7,10,23H,8-9H2,1H3,(H,24,25)(H,26,27). The summed E-state index contributed by atoms with van der Waals surface area (Å²) in [7, 11) is 1.87. The molecule has 3 aromatic rings. The molecule has 0 bridgehead atoms. The molecule has 5 nitrogen and oxygen atoms in total. The molecule has 3 N–H and O–H groups in total. The van der Waals surface area contributed by atoms with Gasteiger partial charge in [-0.15, -0.1) is 0 Å². The highest BCUT2D eigenvalue weighted by Crippen LogP contribution is 2.33. The van der Waals surface area contributed by atoms with E-state index in [4.69, 9.17) is 34.8 Å². The third-order valence-corrected chi connectivity index (χ3v) is 4.89. The number of hydrogen-bond donors (Lipinski definition) is 3. The van der Waals surface area contributed by atoms with Crippen molar-refractivity contribution >= 4 is 63.0 Å². The van der Waals surface area contributed by atoms with Crippen LogP contribution in [0.5, 0.6) is 0 Å². The predicted octanol–water partition coefficient (Wildman–Crippen LogP) is 5.08. The number of fused-ring (bicyclic) bond motifs is 1. The lowest BCUT2D eigenvalue weighted by Crippen LogP contribution is -2.18. The van der Waals surface area contributed by atoms with Crippen molar-refractivity contribution < 1.29 is 4.79 Å². The van der Waals surface area contributed by atoms with E-state index in [0.717, 1.165) is 17.6 Å². The topological polar surface area (TPSA) is 66.0 Å². The van der Waals surface area contributed by atoms with E-state index in [-0.39, 0.29) is 5.91 Å². The first-order valence-corrected chi connectivity index (χ1v) is 9.37. The highest BCUT2D eigenvalue weighted by Gasteiger charge is 2.17. The molecule has 0 atom stereocenters. The Morgan fingerprint density at radius 2 is 1.67 bits per heavy atom. The van der Waals surface area contributed by atoms with Crippen molar-refractivity contribution in [1.82, 2.24) is 10.3 Å². The zero-order valence-electron chi connectivity index (χ0n) is 14.4. The quantitative estimate of drug-likeness (QED) is 0.484. The van der Waals surface area contributed by atoms with E-state index in [1.807, 2.05) is 13.1 Å². The number of nitrogens with zero attached hydrogens (tertiary/aromatic N) is 1. The van der Waals surface area contributed by atoms with Crippen molar-refractivity contribution in [3.63, 3.8) is 0 Å². The van der Waals surface area contributed by atoms with Crippen molar-refractivity contribution in [2.75, 3.05) is 30.8 Å². The smallest absolute Gasteiger partial charge is 0.257 e. The maximum absolute atomic E-state index is 12.9. The lowest BCUT2D eigenvalue weighted by Gasteiger charge is -2.14. The van der Waals surface area contributed by atoms with E-state index in [2.05, 4.69) is 20.9 Å². The number of amides is 1. The Balaban J connectivity index is 2.00. The molecule has 27 heavy (non-hydrogen) atoms. The van der Waals surface area contributed by atoms with E-state index < -0.39 is 0 Å². The van der Waals surface area contributed by atoms with Gasteiger partial charge in [0.1, 0.15) is 0 Å². The normalized spacial score (nSPS) is 10.8. The number of para-hydroxylation sites is 2. The second-order valence-electron chi connectivity index (χ2n) is 5.76. The fourth-order valence-corrected chi connectivity index (χ4v) is 3.38. The Kier molecular flexibility index (Phi) is 6.39. The maximum atomic E-state index is 12.9. The van der Waals surface area contributed by atoms with Crippen LogP contribution in [0.4, 0.5) is 11.4 Å². The van der Waals surface area contributed by atoms with Gasteiger partial charge in [0.15, 0.2) is 0 Å². The van der Waals surface area contributed by atoms with Gasteiger partial charge in [0, 0.05) is 24.7 Å². The van der Waals surface area contributed by atoms with Gasteiger partial charge in [-0.05, 0) is 25.2 Å². The average molecular weight is 424 g/mol. The summed E-state index contributed by atoms with van der Waals surface area (Å²) in [6, 6.07) is 10.4. The molecule has 0 radical (unpaired) electrons. The molecule has 3 rings (SSSR count). The van der Waals surface area contributed by atoms with E-state index in [0.29, 0.717) is 38.4 Å². The summed E-state index contributed by atoms with van der Waals surface area (Å²) < 4.78 is 0. The Bertz CT molecular complexity index is 974. The molecule has 140 valence electrons. The second-order valence-corrected chi connectivity index (χ2v) is 6.99. The Labute approximate surface area is 172 Å². The van der Waals surface area contributed by atoms with Crippen LogP contribution >= 0.6 is 34.8 Å². The van der Waals surface area contributed by atoms with Crippen molar-refractivity contribution in [3.05, 3.63) is 63.2 Å². The number of halogens is 3. The third kappa shape index (κ3) is 4.28.